The molecule has 0 saturated carbocycles. The molecule has 2 rings (SSSR count). The van der Waals surface area contributed by atoms with Crippen LogP contribution >= 0.6 is 0 Å². The first-order chi connectivity index (χ1) is 11.2. The molecule has 0 bridgehead atoms. The zero-order chi connectivity index (χ0) is 16.5. The van der Waals surface area contributed by atoms with Gasteiger partial charge in [0.25, 0.3) is 0 Å². The van der Waals surface area contributed by atoms with Gasteiger partial charge in [0.2, 0.25) is 0 Å². The summed E-state index contributed by atoms with van der Waals surface area (Å²) >= 11 is 0. The van der Waals surface area contributed by atoms with Crippen molar-refractivity contribution in [2.75, 3.05) is 20.3 Å². The monoisotopic (exact) mass is 316 g/mol. The maximum atomic E-state index is 10.5. The lowest BCUT2D eigenvalue weighted by molar-refractivity contribution is -0.136. The molecule has 0 aliphatic rings. The molecule has 0 spiro atoms. The number of para-hydroxylation sites is 2. The van der Waals surface area contributed by atoms with Crippen LogP contribution in [0, 0.1) is 0 Å². The summed E-state index contributed by atoms with van der Waals surface area (Å²) in [6, 6.07) is 14.9. The number of carbonyl (C=O) groups is 1. The van der Waals surface area contributed by atoms with Crippen LogP contribution in [0.4, 0.5) is 0 Å². The van der Waals surface area contributed by atoms with Gasteiger partial charge in [-0.15, -0.1) is 0 Å². The minimum absolute atomic E-state index is 0.132. The third kappa shape index (κ3) is 5.54. The van der Waals surface area contributed by atoms with Gasteiger partial charge in [-0.05, 0) is 36.2 Å². The molecule has 122 valence electrons. The predicted molar refractivity (Wildman–Crippen MR) is 86.4 cm³/mol. The Morgan fingerprint density at radius 2 is 1.61 bits per heavy atom. The minimum Gasteiger partial charge on any atom is -0.493 e. The van der Waals surface area contributed by atoms with Crippen molar-refractivity contribution in [2.24, 2.45) is 0 Å². The van der Waals surface area contributed by atoms with Gasteiger partial charge in [-0.2, -0.15) is 0 Å². The molecule has 0 amide bonds. The van der Waals surface area contributed by atoms with Crippen LogP contribution in [-0.4, -0.2) is 31.4 Å². The van der Waals surface area contributed by atoms with E-state index < -0.39 is 5.97 Å². The largest absolute Gasteiger partial charge is 0.493 e. The summed E-state index contributed by atoms with van der Waals surface area (Å²) < 4.78 is 16.4. The van der Waals surface area contributed by atoms with Crippen molar-refractivity contribution in [3.05, 3.63) is 54.1 Å². The highest BCUT2D eigenvalue weighted by molar-refractivity contribution is 5.67. The fraction of sp³-hybridized carbons (Fsp3) is 0.278. The first-order valence-corrected chi connectivity index (χ1v) is 7.38. The van der Waals surface area contributed by atoms with Gasteiger partial charge < -0.3 is 19.3 Å². The number of aryl methyl sites for hydroxylation is 1. The summed E-state index contributed by atoms with van der Waals surface area (Å²) in [5, 5.41) is 8.66. The van der Waals surface area contributed by atoms with Crippen molar-refractivity contribution < 1.29 is 24.1 Å². The molecule has 0 saturated heterocycles. The van der Waals surface area contributed by atoms with Crippen molar-refractivity contribution in [3.63, 3.8) is 0 Å². The molecule has 0 fully saturated rings. The fourth-order valence-electron chi connectivity index (χ4n) is 2.05. The molecule has 1 N–H and O–H groups in total. The van der Waals surface area contributed by atoms with Crippen LogP contribution in [0.25, 0.3) is 0 Å². The molecule has 0 aliphatic heterocycles. The smallest absolute Gasteiger partial charge is 0.303 e. The van der Waals surface area contributed by atoms with E-state index in [-0.39, 0.29) is 6.42 Å². The Bertz CT molecular complexity index is 622. The van der Waals surface area contributed by atoms with Crippen molar-refractivity contribution in [2.45, 2.75) is 12.8 Å². The first-order valence-electron chi connectivity index (χ1n) is 7.38. The molecule has 5 heteroatoms. The maximum Gasteiger partial charge on any atom is 0.303 e. The molecule has 0 radical (unpaired) electrons. The Labute approximate surface area is 135 Å². The van der Waals surface area contributed by atoms with E-state index in [2.05, 4.69) is 0 Å². The molecule has 5 nitrogen and oxygen atoms in total. The number of benzene rings is 2. The third-order valence-electron chi connectivity index (χ3n) is 3.23. The Kier molecular flexibility index (Phi) is 6.29. The molecule has 0 aromatic heterocycles. The summed E-state index contributed by atoms with van der Waals surface area (Å²) in [5.41, 5.74) is 0.977. The molecule has 2 aromatic carbocycles. The fourth-order valence-corrected chi connectivity index (χ4v) is 2.05. The lowest BCUT2D eigenvalue weighted by atomic mass is 10.1. The number of hydrogen-bond donors (Lipinski definition) is 1. The van der Waals surface area contributed by atoms with E-state index in [0.29, 0.717) is 31.1 Å². The van der Waals surface area contributed by atoms with Crippen molar-refractivity contribution >= 4 is 5.97 Å². The maximum absolute atomic E-state index is 10.5. The van der Waals surface area contributed by atoms with Crippen molar-refractivity contribution in [3.8, 4) is 17.2 Å². The first kappa shape index (κ1) is 16.7. The SMILES string of the molecule is COc1ccccc1OCCOc1ccc(CCC(=O)O)cc1. The van der Waals surface area contributed by atoms with E-state index in [1.54, 1.807) is 7.11 Å². The van der Waals surface area contributed by atoms with Gasteiger partial charge in [0.05, 0.1) is 7.11 Å². The molecular formula is C18H20O5. The molecule has 0 unspecified atom stereocenters. The number of carboxylic acid groups (broad SMARTS) is 1. The van der Waals surface area contributed by atoms with Gasteiger partial charge in [0.1, 0.15) is 19.0 Å². The molecule has 23 heavy (non-hydrogen) atoms. The van der Waals surface area contributed by atoms with Gasteiger partial charge in [0.15, 0.2) is 11.5 Å². The summed E-state index contributed by atoms with van der Waals surface area (Å²) in [6.45, 7) is 0.813. The quantitative estimate of drug-likeness (QED) is 0.720. The Hall–Kier alpha value is -2.69. The van der Waals surface area contributed by atoms with Crippen LogP contribution in [0.1, 0.15) is 12.0 Å². The van der Waals surface area contributed by atoms with Crippen LogP contribution < -0.4 is 14.2 Å². The van der Waals surface area contributed by atoms with Crippen LogP contribution in [0.2, 0.25) is 0 Å². The van der Waals surface area contributed by atoms with Gasteiger partial charge in [0, 0.05) is 6.42 Å². The van der Waals surface area contributed by atoms with Gasteiger partial charge in [-0.3, -0.25) is 4.79 Å². The second kappa shape index (κ2) is 8.68. The number of hydrogen-bond acceptors (Lipinski definition) is 4. The molecule has 0 aliphatic carbocycles. The zero-order valence-electron chi connectivity index (χ0n) is 13.0. The topological polar surface area (TPSA) is 65.0 Å². The average molecular weight is 316 g/mol. The lowest BCUT2D eigenvalue weighted by Gasteiger charge is -2.11. The summed E-state index contributed by atoms with van der Waals surface area (Å²) in [5.74, 6) is 1.31. The third-order valence-corrected chi connectivity index (χ3v) is 3.23. The Morgan fingerprint density at radius 1 is 0.957 bits per heavy atom. The highest BCUT2D eigenvalue weighted by Gasteiger charge is 2.03. The number of aliphatic carboxylic acids is 1. The van der Waals surface area contributed by atoms with Gasteiger partial charge in [-0.1, -0.05) is 24.3 Å². The molecular weight excluding hydrogens is 296 g/mol. The second-order valence-electron chi connectivity index (χ2n) is 4.89. The number of carboxylic acids is 1. The van der Waals surface area contributed by atoms with E-state index >= 15 is 0 Å². The molecule has 0 heterocycles. The number of methoxy groups -OCH3 is 1. The van der Waals surface area contributed by atoms with E-state index in [1.807, 2.05) is 48.5 Å². The summed E-state index contributed by atoms with van der Waals surface area (Å²) in [6.07, 6.45) is 0.652. The van der Waals surface area contributed by atoms with Crippen molar-refractivity contribution in [1.82, 2.24) is 0 Å². The number of ether oxygens (including phenoxy) is 3. The highest BCUT2D eigenvalue weighted by Crippen LogP contribution is 2.25. The average Bonchev–Trinajstić information content (AvgIpc) is 2.58. The van der Waals surface area contributed by atoms with E-state index in [0.717, 1.165) is 11.3 Å². The second-order valence-corrected chi connectivity index (χ2v) is 4.89. The van der Waals surface area contributed by atoms with Crippen LogP contribution in [0.15, 0.2) is 48.5 Å². The molecule has 2 aromatic rings. The van der Waals surface area contributed by atoms with Gasteiger partial charge in [-0.25, -0.2) is 0 Å². The van der Waals surface area contributed by atoms with E-state index in [9.17, 15) is 4.79 Å². The highest BCUT2D eigenvalue weighted by atomic mass is 16.5. The summed E-state index contributed by atoms with van der Waals surface area (Å²) in [7, 11) is 1.60. The lowest BCUT2D eigenvalue weighted by Crippen LogP contribution is -2.09. The summed E-state index contributed by atoms with van der Waals surface area (Å²) in [4.78, 5) is 10.5. The standard InChI is InChI=1S/C18H20O5/c1-21-16-4-2-3-5-17(16)23-13-12-22-15-9-6-14(7-10-15)8-11-18(19)20/h2-7,9-10H,8,11-13H2,1H3,(H,19,20). The zero-order valence-corrected chi connectivity index (χ0v) is 13.0. The Balaban J connectivity index is 1.74. The normalized spacial score (nSPS) is 10.1. The van der Waals surface area contributed by atoms with Crippen LogP contribution in [-0.2, 0) is 11.2 Å². The van der Waals surface area contributed by atoms with E-state index in [4.69, 9.17) is 19.3 Å². The van der Waals surface area contributed by atoms with Crippen LogP contribution in [0.3, 0.4) is 0 Å². The van der Waals surface area contributed by atoms with Crippen molar-refractivity contribution in [1.29, 1.82) is 0 Å². The van der Waals surface area contributed by atoms with E-state index in [1.165, 1.54) is 0 Å². The predicted octanol–water partition coefficient (Wildman–Crippen LogP) is 3.17. The van der Waals surface area contributed by atoms with Crippen LogP contribution in [0.5, 0.6) is 17.2 Å². The minimum atomic E-state index is -0.793. The Morgan fingerprint density at radius 3 is 2.26 bits per heavy atom. The number of rotatable bonds is 9. The van der Waals surface area contributed by atoms with Gasteiger partial charge >= 0.3 is 5.97 Å². The molecule has 0 atom stereocenters.